The minimum atomic E-state index is -0.973. The fraction of sp³-hybridized carbons (Fsp3) is 0.818. The number of rotatable bonds is 6. The average Bonchev–Trinajstić information content (AvgIpc) is 2.14. The molecule has 0 aliphatic carbocycles. The second kappa shape index (κ2) is 7.09. The Kier molecular flexibility index (Phi) is 6.53. The van der Waals surface area contributed by atoms with Gasteiger partial charge in [0.15, 0.2) is 0 Å². The van der Waals surface area contributed by atoms with E-state index in [9.17, 15) is 9.59 Å². The smallest absolute Gasteiger partial charge is 0.323 e. The van der Waals surface area contributed by atoms with Gasteiger partial charge in [0.1, 0.15) is 6.54 Å². The van der Waals surface area contributed by atoms with Crippen molar-refractivity contribution in [2.45, 2.75) is 27.2 Å². The maximum atomic E-state index is 11.9. The van der Waals surface area contributed by atoms with Gasteiger partial charge in [-0.15, -0.1) is 0 Å². The fourth-order valence-electron chi connectivity index (χ4n) is 1.49. The third-order valence-corrected chi connectivity index (χ3v) is 2.07. The van der Waals surface area contributed by atoms with E-state index in [2.05, 4.69) is 0 Å². The number of carbonyl (C=O) groups excluding carboxylic acids is 1. The predicted molar refractivity (Wildman–Crippen MR) is 62.4 cm³/mol. The predicted octanol–water partition coefficient (Wildman–Crippen LogP) is 1.49. The number of urea groups is 1. The topological polar surface area (TPSA) is 60.9 Å². The monoisotopic (exact) mass is 230 g/mol. The molecule has 0 aromatic carbocycles. The van der Waals surface area contributed by atoms with Crippen LogP contribution in [-0.2, 0) is 4.79 Å². The molecule has 0 saturated heterocycles. The van der Waals surface area contributed by atoms with Crippen LogP contribution in [0.1, 0.15) is 27.2 Å². The highest BCUT2D eigenvalue weighted by Crippen LogP contribution is 2.03. The van der Waals surface area contributed by atoms with E-state index in [1.54, 1.807) is 11.9 Å². The summed E-state index contributed by atoms with van der Waals surface area (Å²) in [6, 6.07) is -0.210. The molecule has 94 valence electrons. The van der Waals surface area contributed by atoms with Crippen LogP contribution in [-0.4, -0.2) is 53.6 Å². The molecule has 0 fully saturated rings. The van der Waals surface area contributed by atoms with Crippen molar-refractivity contribution in [2.24, 2.45) is 5.92 Å². The van der Waals surface area contributed by atoms with Crippen LogP contribution in [0.3, 0.4) is 0 Å². The molecule has 0 saturated carbocycles. The van der Waals surface area contributed by atoms with E-state index in [-0.39, 0.29) is 18.5 Å². The summed E-state index contributed by atoms with van der Waals surface area (Å²) in [6.07, 6.45) is 0.866. The highest BCUT2D eigenvalue weighted by atomic mass is 16.4. The summed E-state index contributed by atoms with van der Waals surface area (Å²) >= 11 is 0. The van der Waals surface area contributed by atoms with Crippen molar-refractivity contribution in [3.8, 4) is 0 Å². The van der Waals surface area contributed by atoms with E-state index < -0.39 is 5.97 Å². The van der Waals surface area contributed by atoms with Crippen LogP contribution in [0.15, 0.2) is 0 Å². The Balaban J connectivity index is 4.48. The maximum Gasteiger partial charge on any atom is 0.323 e. The van der Waals surface area contributed by atoms with Crippen molar-refractivity contribution in [3.63, 3.8) is 0 Å². The molecule has 5 heteroatoms. The largest absolute Gasteiger partial charge is 0.480 e. The summed E-state index contributed by atoms with van der Waals surface area (Å²) < 4.78 is 0. The van der Waals surface area contributed by atoms with Crippen LogP contribution in [0.5, 0.6) is 0 Å². The van der Waals surface area contributed by atoms with Gasteiger partial charge < -0.3 is 14.9 Å². The standard InChI is InChI=1S/C11H22N2O3/c1-5-6-12(4)11(16)13(7-9(2)3)8-10(14)15/h9H,5-8H2,1-4H3,(H,14,15). The van der Waals surface area contributed by atoms with Crippen LogP contribution in [0, 0.1) is 5.92 Å². The molecule has 0 unspecified atom stereocenters. The SMILES string of the molecule is CCCN(C)C(=O)N(CC(=O)O)CC(C)C. The zero-order valence-electron chi connectivity index (χ0n) is 10.6. The molecule has 0 aliphatic heterocycles. The molecule has 0 spiro atoms. The summed E-state index contributed by atoms with van der Waals surface area (Å²) in [4.78, 5) is 25.5. The molecule has 0 aliphatic rings. The second-order valence-electron chi connectivity index (χ2n) is 4.37. The van der Waals surface area contributed by atoms with Crippen LogP contribution in [0.2, 0.25) is 0 Å². The number of carboxylic acids is 1. The molecule has 16 heavy (non-hydrogen) atoms. The van der Waals surface area contributed by atoms with Crippen molar-refractivity contribution in [1.82, 2.24) is 9.80 Å². The van der Waals surface area contributed by atoms with E-state index in [0.29, 0.717) is 13.1 Å². The van der Waals surface area contributed by atoms with Gasteiger partial charge >= 0.3 is 12.0 Å². The Hall–Kier alpha value is -1.26. The molecular weight excluding hydrogens is 208 g/mol. The average molecular weight is 230 g/mol. The molecule has 0 heterocycles. The third-order valence-electron chi connectivity index (χ3n) is 2.07. The normalized spacial score (nSPS) is 10.3. The summed E-state index contributed by atoms with van der Waals surface area (Å²) in [7, 11) is 1.70. The van der Waals surface area contributed by atoms with Gasteiger partial charge in [-0.25, -0.2) is 4.79 Å². The molecule has 0 bridgehead atoms. The first-order valence-corrected chi connectivity index (χ1v) is 5.60. The minimum absolute atomic E-state index is 0.210. The van der Waals surface area contributed by atoms with Crippen molar-refractivity contribution in [2.75, 3.05) is 26.7 Å². The van der Waals surface area contributed by atoms with Gasteiger partial charge in [-0.05, 0) is 12.3 Å². The van der Waals surface area contributed by atoms with Gasteiger partial charge in [-0.2, -0.15) is 0 Å². The fourth-order valence-corrected chi connectivity index (χ4v) is 1.49. The molecule has 0 aromatic rings. The van der Waals surface area contributed by atoms with Gasteiger partial charge in [-0.3, -0.25) is 4.79 Å². The van der Waals surface area contributed by atoms with Crippen LogP contribution < -0.4 is 0 Å². The Bertz CT molecular complexity index is 241. The lowest BCUT2D eigenvalue weighted by Crippen LogP contribution is -2.45. The summed E-state index contributed by atoms with van der Waals surface area (Å²) in [6.45, 7) is 6.79. The molecule has 2 amide bonds. The number of hydrogen-bond donors (Lipinski definition) is 1. The number of amides is 2. The Morgan fingerprint density at radius 1 is 1.31 bits per heavy atom. The highest BCUT2D eigenvalue weighted by Gasteiger charge is 2.20. The molecule has 0 atom stereocenters. The van der Waals surface area contributed by atoms with Crippen molar-refractivity contribution < 1.29 is 14.7 Å². The third kappa shape index (κ3) is 5.58. The summed E-state index contributed by atoms with van der Waals surface area (Å²) in [5, 5.41) is 8.74. The first-order valence-electron chi connectivity index (χ1n) is 5.60. The van der Waals surface area contributed by atoms with E-state index >= 15 is 0 Å². The minimum Gasteiger partial charge on any atom is -0.480 e. The van der Waals surface area contributed by atoms with Gasteiger partial charge in [0.2, 0.25) is 0 Å². The lowest BCUT2D eigenvalue weighted by atomic mass is 10.2. The van der Waals surface area contributed by atoms with E-state index in [1.807, 2.05) is 20.8 Å². The number of aliphatic carboxylic acids is 1. The van der Waals surface area contributed by atoms with Gasteiger partial charge in [-0.1, -0.05) is 20.8 Å². The Morgan fingerprint density at radius 2 is 1.88 bits per heavy atom. The number of carbonyl (C=O) groups is 2. The maximum absolute atomic E-state index is 11.9. The second-order valence-corrected chi connectivity index (χ2v) is 4.37. The Morgan fingerprint density at radius 3 is 2.25 bits per heavy atom. The Labute approximate surface area is 97.0 Å². The van der Waals surface area contributed by atoms with Crippen molar-refractivity contribution in [1.29, 1.82) is 0 Å². The molecular formula is C11H22N2O3. The van der Waals surface area contributed by atoms with Crippen molar-refractivity contribution >= 4 is 12.0 Å². The number of nitrogens with zero attached hydrogens (tertiary/aromatic N) is 2. The molecule has 0 radical (unpaired) electrons. The van der Waals surface area contributed by atoms with Gasteiger partial charge in [0, 0.05) is 20.1 Å². The van der Waals surface area contributed by atoms with E-state index in [1.165, 1.54) is 4.90 Å². The molecule has 5 nitrogen and oxygen atoms in total. The molecule has 0 aromatic heterocycles. The van der Waals surface area contributed by atoms with Crippen LogP contribution in [0.4, 0.5) is 4.79 Å². The first-order chi connectivity index (χ1) is 7.38. The number of carboxylic acid groups (broad SMARTS) is 1. The van der Waals surface area contributed by atoms with E-state index in [0.717, 1.165) is 6.42 Å². The van der Waals surface area contributed by atoms with Crippen LogP contribution >= 0.6 is 0 Å². The van der Waals surface area contributed by atoms with Gasteiger partial charge in [0.05, 0.1) is 0 Å². The zero-order valence-corrected chi connectivity index (χ0v) is 10.6. The lowest BCUT2D eigenvalue weighted by Gasteiger charge is -2.28. The number of hydrogen-bond acceptors (Lipinski definition) is 2. The van der Waals surface area contributed by atoms with Crippen LogP contribution in [0.25, 0.3) is 0 Å². The summed E-state index contributed by atoms with van der Waals surface area (Å²) in [5.41, 5.74) is 0. The van der Waals surface area contributed by atoms with Gasteiger partial charge in [0.25, 0.3) is 0 Å². The summed E-state index contributed by atoms with van der Waals surface area (Å²) in [5.74, 6) is -0.711. The van der Waals surface area contributed by atoms with E-state index in [4.69, 9.17) is 5.11 Å². The lowest BCUT2D eigenvalue weighted by molar-refractivity contribution is -0.137. The zero-order chi connectivity index (χ0) is 12.7. The van der Waals surface area contributed by atoms with Crippen molar-refractivity contribution in [3.05, 3.63) is 0 Å². The highest BCUT2D eigenvalue weighted by molar-refractivity contribution is 5.80. The molecule has 1 N–H and O–H groups in total. The quantitative estimate of drug-likeness (QED) is 0.752. The molecule has 0 rings (SSSR count). The first kappa shape index (κ1) is 14.7.